The highest BCUT2D eigenvalue weighted by Gasteiger charge is 2.21. The van der Waals surface area contributed by atoms with Crippen molar-refractivity contribution in [3.05, 3.63) is 53.1 Å². The van der Waals surface area contributed by atoms with Crippen molar-refractivity contribution in [2.24, 2.45) is 0 Å². The maximum absolute atomic E-state index is 13.5. The largest absolute Gasteiger partial charge is 0.497 e. The van der Waals surface area contributed by atoms with Crippen molar-refractivity contribution in [1.29, 1.82) is 0 Å². The van der Waals surface area contributed by atoms with Gasteiger partial charge in [-0.25, -0.2) is 4.98 Å². The fourth-order valence-corrected chi connectivity index (χ4v) is 5.03. The molecule has 2 heterocycles. The number of amides is 1. The Morgan fingerprint density at radius 2 is 1.97 bits per heavy atom. The smallest absolute Gasteiger partial charge is 0.233 e. The summed E-state index contributed by atoms with van der Waals surface area (Å²) in [5.74, 6) is 0.861. The summed E-state index contributed by atoms with van der Waals surface area (Å²) >= 11 is 1.56. The minimum atomic E-state index is 0. The number of methoxy groups -OCH3 is 1. The summed E-state index contributed by atoms with van der Waals surface area (Å²) in [5.41, 5.74) is 4.30. The Balaban J connectivity index is 0.00000306. The molecule has 4 rings (SSSR count). The molecule has 0 unspecified atom stereocenters. The Hall–Kier alpha value is -2.19. The molecule has 3 aromatic rings. The van der Waals surface area contributed by atoms with E-state index >= 15 is 0 Å². The first-order valence-corrected chi connectivity index (χ1v) is 12.0. The van der Waals surface area contributed by atoms with Crippen molar-refractivity contribution in [2.75, 3.05) is 51.4 Å². The van der Waals surface area contributed by atoms with E-state index in [0.29, 0.717) is 13.0 Å². The zero-order valence-electron chi connectivity index (χ0n) is 19.5. The van der Waals surface area contributed by atoms with E-state index in [1.54, 1.807) is 18.4 Å². The van der Waals surface area contributed by atoms with Gasteiger partial charge in [0, 0.05) is 32.2 Å². The average molecular weight is 490 g/mol. The second-order valence-corrected chi connectivity index (χ2v) is 9.30. The van der Waals surface area contributed by atoms with Gasteiger partial charge >= 0.3 is 0 Å². The van der Waals surface area contributed by atoms with Crippen molar-refractivity contribution in [2.45, 2.75) is 26.7 Å². The number of carbonyl (C=O) groups excluding carboxylic acids is 1. The summed E-state index contributed by atoms with van der Waals surface area (Å²) in [5, 5.41) is 0.755. The standard InChI is InChI=1S/C25H31N3O3S.ClH/c1-18-5-6-20(19(2)15-18)16-24(29)28(10-4-9-27-11-13-31-14-12-27)25-26-22-17-21(30-3)7-8-23(22)32-25;/h5-8,15,17H,4,9-14,16H2,1-3H3;1H. The molecule has 8 heteroatoms. The van der Waals surface area contributed by atoms with Crippen LogP contribution in [0.15, 0.2) is 36.4 Å². The lowest BCUT2D eigenvalue weighted by atomic mass is 10.0. The van der Waals surface area contributed by atoms with Gasteiger partial charge in [0.15, 0.2) is 5.13 Å². The molecule has 1 aliphatic rings. The third-order valence-corrected chi connectivity index (χ3v) is 6.97. The summed E-state index contributed by atoms with van der Waals surface area (Å²) in [4.78, 5) is 22.5. The monoisotopic (exact) mass is 489 g/mol. The Labute approximate surface area is 205 Å². The van der Waals surface area contributed by atoms with Crippen LogP contribution in [-0.2, 0) is 16.0 Å². The summed E-state index contributed by atoms with van der Waals surface area (Å²) in [6.45, 7) is 9.24. The van der Waals surface area contributed by atoms with Gasteiger partial charge < -0.3 is 9.47 Å². The number of hydrogen-bond donors (Lipinski definition) is 0. The highest BCUT2D eigenvalue weighted by atomic mass is 35.5. The van der Waals surface area contributed by atoms with Gasteiger partial charge in [-0.05, 0) is 43.5 Å². The molecule has 1 fully saturated rings. The van der Waals surface area contributed by atoms with Gasteiger partial charge in [-0.15, -0.1) is 12.4 Å². The molecule has 178 valence electrons. The molecule has 33 heavy (non-hydrogen) atoms. The second-order valence-electron chi connectivity index (χ2n) is 8.29. The molecule has 6 nitrogen and oxygen atoms in total. The summed E-state index contributed by atoms with van der Waals surface area (Å²) in [6.07, 6.45) is 1.28. The summed E-state index contributed by atoms with van der Waals surface area (Å²) in [6, 6.07) is 12.1. The number of anilines is 1. The second kappa shape index (κ2) is 11.8. The molecule has 0 aliphatic carbocycles. The number of nitrogens with zero attached hydrogens (tertiary/aromatic N) is 3. The van der Waals surface area contributed by atoms with Gasteiger partial charge in [-0.3, -0.25) is 14.6 Å². The Morgan fingerprint density at radius 1 is 1.18 bits per heavy atom. The summed E-state index contributed by atoms with van der Waals surface area (Å²) in [7, 11) is 1.65. The van der Waals surface area contributed by atoms with E-state index in [2.05, 4.69) is 36.9 Å². The van der Waals surface area contributed by atoms with Gasteiger partial charge in [0.2, 0.25) is 5.91 Å². The number of halogens is 1. The van der Waals surface area contributed by atoms with Crippen LogP contribution in [0, 0.1) is 13.8 Å². The van der Waals surface area contributed by atoms with E-state index in [1.807, 2.05) is 23.1 Å². The molecule has 1 saturated heterocycles. The molecule has 0 N–H and O–H groups in total. The van der Waals surface area contributed by atoms with Gasteiger partial charge in [0.1, 0.15) is 5.75 Å². The normalized spacial score (nSPS) is 14.2. The first-order valence-electron chi connectivity index (χ1n) is 11.1. The van der Waals surface area contributed by atoms with E-state index in [4.69, 9.17) is 14.5 Å². The van der Waals surface area contributed by atoms with Crippen LogP contribution in [0.2, 0.25) is 0 Å². The molecular formula is C25H32ClN3O3S. The lowest BCUT2D eigenvalue weighted by Gasteiger charge is -2.27. The topological polar surface area (TPSA) is 54.9 Å². The zero-order chi connectivity index (χ0) is 22.5. The molecule has 2 aromatic carbocycles. The van der Waals surface area contributed by atoms with Crippen LogP contribution < -0.4 is 9.64 Å². The molecular weight excluding hydrogens is 458 g/mol. The first kappa shape index (κ1) is 25.4. The minimum Gasteiger partial charge on any atom is -0.497 e. The van der Waals surface area contributed by atoms with E-state index in [9.17, 15) is 4.79 Å². The van der Waals surface area contributed by atoms with E-state index in [1.165, 1.54) is 5.56 Å². The van der Waals surface area contributed by atoms with Crippen molar-refractivity contribution in [1.82, 2.24) is 9.88 Å². The van der Waals surface area contributed by atoms with Crippen molar-refractivity contribution < 1.29 is 14.3 Å². The highest BCUT2D eigenvalue weighted by molar-refractivity contribution is 7.22. The zero-order valence-corrected chi connectivity index (χ0v) is 21.1. The predicted molar refractivity (Wildman–Crippen MR) is 137 cm³/mol. The number of hydrogen-bond acceptors (Lipinski definition) is 6. The maximum atomic E-state index is 13.5. The number of carbonyl (C=O) groups is 1. The number of benzene rings is 2. The fourth-order valence-electron chi connectivity index (χ4n) is 4.04. The molecule has 0 saturated carbocycles. The van der Waals surface area contributed by atoms with Crippen molar-refractivity contribution >= 4 is 45.0 Å². The molecule has 1 amide bonds. The number of aromatic nitrogens is 1. The van der Waals surface area contributed by atoms with Crippen LogP contribution in [-0.4, -0.2) is 62.3 Å². The van der Waals surface area contributed by atoms with Crippen molar-refractivity contribution in [3.8, 4) is 5.75 Å². The third-order valence-electron chi connectivity index (χ3n) is 5.91. The van der Waals surface area contributed by atoms with Gasteiger partial charge in [-0.2, -0.15) is 0 Å². The molecule has 0 radical (unpaired) electrons. The van der Waals surface area contributed by atoms with Crippen LogP contribution in [0.25, 0.3) is 10.2 Å². The van der Waals surface area contributed by atoms with Gasteiger partial charge in [-0.1, -0.05) is 35.1 Å². The van der Waals surface area contributed by atoms with Crippen LogP contribution in [0.1, 0.15) is 23.1 Å². The minimum absolute atomic E-state index is 0. The van der Waals surface area contributed by atoms with Gasteiger partial charge in [0.05, 0.1) is 37.0 Å². The number of morpholine rings is 1. The third kappa shape index (κ3) is 6.44. The van der Waals surface area contributed by atoms with Gasteiger partial charge in [0.25, 0.3) is 0 Å². The molecule has 0 bridgehead atoms. The average Bonchev–Trinajstić information content (AvgIpc) is 3.22. The number of thiazole rings is 1. The van der Waals surface area contributed by atoms with Crippen LogP contribution >= 0.6 is 23.7 Å². The van der Waals surface area contributed by atoms with E-state index in [0.717, 1.165) is 71.5 Å². The maximum Gasteiger partial charge on any atom is 0.233 e. The SMILES string of the molecule is COc1ccc2sc(N(CCCN3CCOCC3)C(=O)Cc3ccc(C)cc3C)nc2c1.Cl. The molecule has 1 aliphatic heterocycles. The van der Waals surface area contributed by atoms with E-state index < -0.39 is 0 Å². The first-order chi connectivity index (χ1) is 15.5. The fraction of sp³-hybridized carbons (Fsp3) is 0.440. The molecule has 0 atom stereocenters. The molecule has 1 aromatic heterocycles. The lowest BCUT2D eigenvalue weighted by molar-refractivity contribution is -0.118. The molecule has 0 spiro atoms. The number of ether oxygens (including phenoxy) is 2. The number of rotatable bonds is 8. The Morgan fingerprint density at radius 3 is 2.70 bits per heavy atom. The van der Waals surface area contributed by atoms with Crippen LogP contribution in [0.5, 0.6) is 5.75 Å². The quantitative estimate of drug-likeness (QED) is 0.461. The lowest BCUT2D eigenvalue weighted by Crippen LogP contribution is -2.39. The predicted octanol–water partition coefficient (Wildman–Crippen LogP) is 4.64. The Bertz CT molecular complexity index is 1080. The Kier molecular flexibility index (Phi) is 9.09. The van der Waals surface area contributed by atoms with Crippen molar-refractivity contribution in [3.63, 3.8) is 0 Å². The summed E-state index contributed by atoms with van der Waals surface area (Å²) < 4.78 is 11.8. The highest BCUT2D eigenvalue weighted by Crippen LogP contribution is 2.32. The van der Waals surface area contributed by atoms with Crippen LogP contribution in [0.3, 0.4) is 0 Å². The number of aryl methyl sites for hydroxylation is 2. The van der Waals surface area contributed by atoms with E-state index in [-0.39, 0.29) is 18.3 Å². The number of fused-ring (bicyclic) bond motifs is 1. The van der Waals surface area contributed by atoms with Crippen LogP contribution in [0.4, 0.5) is 5.13 Å².